The van der Waals surface area contributed by atoms with Crippen LogP contribution in [0.3, 0.4) is 0 Å². The van der Waals surface area contributed by atoms with Crippen LogP contribution in [-0.2, 0) is 10.2 Å². The minimum Gasteiger partial charge on any atom is -0.492 e. The van der Waals surface area contributed by atoms with E-state index in [4.69, 9.17) is 9.47 Å². The monoisotopic (exact) mass is 356 g/mol. The van der Waals surface area contributed by atoms with Gasteiger partial charge in [0.05, 0.1) is 25.2 Å². The van der Waals surface area contributed by atoms with Gasteiger partial charge in [-0.2, -0.15) is 0 Å². The van der Waals surface area contributed by atoms with Crippen LogP contribution in [0.2, 0.25) is 0 Å². The quantitative estimate of drug-likeness (QED) is 0.820. The normalized spacial score (nSPS) is 16.5. The first-order chi connectivity index (χ1) is 10.0. The molecule has 1 aliphatic carbocycles. The number of carbonyl (C=O) groups excluding carboxylic acids is 1. The van der Waals surface area contributed by atoms with Gasteiger partial charge in [0.15, 0.2) is 17.8 Å². The topological polar surface area (TPSA) is 72.8 Å². The molecule has 0 unspecified atom stereocenters. The maximum Gasteiger partial charge on any atom is 0.314 e. The van der Waals surface area contributed by atoms with Crippen molar-refractivity contribution >= 4 is 28.2 Å². The molecule has 0 saturated heterocycles. The average molecular weight is 357 g/mol. The van der Waals surface area contributed by atoms with Crippen molar-refractivity contribution in [3.63, 3.8) is 0 Å². The molecule has 0 bridgehead atoms. The first kappa shape index (κ1) is 15.8. The Morgan fingerprint density at radius 2 is 1.86 bits per heavy atom. The van der Waals surface area contributed by atoms with Crippen molar-refractivity contribution in [1.29, 1.82) is 0 Å². The highest BCUT2D eigenvalue weighted by Crippen LogP contribution is 2.51. The summed E-state index contributed by atoms with van der Waals surface area (Å²) in [5.74, 6) is -0.281. The van der Waals surface area contributed by atoms with Crippen LogP contribution >= 0.6 is 15.9 Å². The molecule has 0 atom stereocenters. The number of carbonyl (C=O) groups is 2. The Morgan fingerprint density at radius 3 is 2.29 bits per heavy atom. The summed E-state index contributed by atoms with van der Waals surface area (Å²) in [6.45, 7) is 0. The summed E-state index contributed by atoms with van der Waals surface area (Å²) in [5.41, 5.74) is -0.125. The van der Waals surface area contributed by atoms with Gasteiger partial charge in [-0.3, -0.25) is 9.59 Å². The zero-order chi connectivity index (χ0) is 15.6. The summed E-state index contributed by atoms with van der Waals surface area (Å²) >= 11 is 3.40. The number of halogens is 1. The molecule has 0 amide bonds. The van der Waals surface area contributed by atoms with E-state index in [2.05, 4.69) is 15.9 Å². The molecule has 1 fully saturated rings. The van der Waals surface area contributed by atoms with Crippen molar-refractivity contribution in [3.8, 4) is 11.5 Å². The number of methoxy groups -OCH3 is 2. The second kappa shape index (κ2) is 6.05. The smallest absolute Gasteiger partial charge is 0.314 e. The minimum atomic E-state index is -1.00. The van der Waals surface area contributed by atoms with Gasteiger partial charge in [-0.25, -0.2) is 0 Å². The van der Waals surface area contributed by atoms with Gasteiger partial charge in [-0.15, -0.1) is 0 Å². The average Bonchev–Trinajstić information content (AvgIpc) is 2.96. The van der Waals surface area contributed by atoms with Gasteiger partial charge in [0, 0.05) is 10.0 Å². The van der Waals surface area contributed by atoms with Gasteiger partial charge in [0.25, 0.3) is 0 Å². The Kier molecular flexibility index (Phi) is 4.56. The molecule has 1 N–H and O–H groups in total. The van der Waals surface area contributed by atoms with E-state index in [0.29, 0.717) is 40.5 Å². The van der Waals surface area contributed by atoms with Gasteiger partial charge >= 0.3 is 5.97 Å². The molecule has 0 radical (unpaired) electrons. The van der Waals surface area contributed by atoms with Crippen molar-refractivity contribution in [2.75, 3.05) is 14.2 Å². The van der Waals surface area contributed by atoms with Crippen molar-refractivity contribution in [2.24, 2.45) is 0 Å². The maximum absolute atomic E-state index is 11.9. The van der Waals surface area contributed by atoms with Crippen LogP contribution < -0.4 is 9.47 Å². The van der Waals surface area contributed by atoms with E-state index in [0.717, 1.165) is 12.8 Å². The molecule has 21 heavy (non-hydrogen) atoms. The number of rotatable bonds is 5. The zero-order valence-electron chi connectivity index (χ0n) is 11.9. The molecule has 6 heteroatoms. The van der Waals surface area contributed by atoms with Crippen LogP contribution in [0.25, 0.3) is 0 Å². The lowest BCUT2D eigenvalue weighted by molar-refractivity contribution is -0.143. The largest absolute Gasteiger partial charge is 0.492 e. The van der Waals surface area contributed by atoms with Gasteiger partial charge in [0.1, 0.15) is 0 Å². The lowest BCUT2D eigenvalue weighted by atomic mass is 9.78. The molecule has 5 nitrogen and oxygen atoms in total. The van der Waals surface area contributed by atoms with Crippen molar-refractivity contribution in [3.05, 3.63) is 21.7 Å². The standard InChI is InChI=1S/C15H17BrO5/c1-20-12-9(8-17)7-10(16)11(13(12)21-2)15(14(18)19)5-3-4-6-15/h7-8H,3-6H2,1-2H3,(H,18,19). The Balaban J connectivity index is 2.79. The molecule has 0 heterocycles. The molecular formula is C15H17BrO5. The number of benzene rings is 1. The van der Waals surface area contributed by atoms with E-state index in [9.17, 15) is 14.7 Å². The van der Waals surface area contributed by atoms with E-state index in [-0.39, 0.29) is 5.75 Å². The van der Waals surface area contributed by atoms with Crippen LogP contribution in [0.5, 0.6) is 11.5 Å². The number of hydrogen-bond donors (Lipinski definition) is 1. The predicted octanol–water partition coefficient (Wildman–Crippen LogP) is 3.18. The van der Waals surface area contributed by atoms with Crippen molar-refractivity contribution in [1.82, 2.24) is 0 Å². The Bertz CT molecular complexity index is 576. The SMILES string of the molecule is COc1c(C=O)cc(Br)c(C2(C(=O)O)CCCC2)c1OC. The van der Waals surface area contributed by atoms with Crippen molar-refractivity contribution in [2.45, 2.75) is 31.1 Å². The summed E-state index contributed by atoms with van der Waals surface area (Å²) in [6, 6.07) is 1.59. The fourth-order valence-corrected chi connectivity index (χ4v) is 3.92. The van der Waals surface area contributed by atoms with Gasteiger partial charge in [0.2, 0.25) is 0 Å². The van der Waals surface area contributed by atoms with Gasteiger partial charge < -0.3 is 14.6 Å². The first-order valence-electron chi connectivity index (χ1n) is 6.65. The number of aldehydes is 1. The van der Waals surface area contributed by atoms with E-state index in [1.807, 2.05) is 0 Å². The summed E-state index contributed by atoms with van der Waals surface area (Å²) in [7, 11) is 2.89. The molecule has 1 aromatic carbocycles. The van der Waals surface area contributed by atoms with E-state index >= 15 is 0 Å². The van der Waals surface area contributed by atoms with Crippen LogP contribution in [0.4, 0.5) is 0 Å². The molecule has 2 rings (SSSR count). The molecule has 0 aromatic heterocycles. The van der Waals surface area contributed by atoms with Crippen LogP contribution in [0.15, 0.2) is 10.5 Å². The van der Waals surface area contributed by atoms with Crippen molar-refractivity contribution < 1.29 is 24.2 Å². The zero-order valence-corrected chi connectivity index (χ0v) is 13.5. The third-order valence-corrected chi connectivity index (χ3v) is 4.72. The predicted molar refractivity (Wildman–Crippen MR) is 80.4 cm³/mol. The Hall–Kier alpha value is -1.56. The molecule has 1 saturated carbocycles. The highest BCUT2D eigenvalue weighted by molar-refractivity contribution is 9.10. The van der Waals surface area contributed by atoms with Gasteiger partial charge in [-0.1, -0.05) is 28.8 Å². The maximum atomic E-state index is 11.9. The lowest BCUT2D eigenvalue weighted by Gasteiger charge is -2.29. The van der Waals surface area contributed by atoms with E-state index in [1.165, 1.54) is 14.2 Å². The second-order valence-electron chi connectivity index (χ2n) is 5.10. The Morgan fingerprint density at radius 1 is 1.29 bits per heavy atom. The Labute approximate surface area is 131 Å². The molecule has 114 valence electrons. The summed E-state index contributed by atoms with van der Waals surface area (Å²) in [5, 5.41) is 9.76. The number of carboxylic acids is 1. The highest BCUT2D eigenvalue weighted by atomic mass is 79.9. The lowest BCUT2D eigenvalue weighted by Crippen LogP contribution is -2.33. The highest BCUT2D eigenvalue weighted by Gasteiger charge is 2.47. The minimum absolute atomic E-state index is 0.276. The molecule has 1 aliphatic rings. The number of carboxylic acid groups (broad SMARTS) is 1. The van der Waals surface area contributed by atoms with Crippen LogP contribution in [0.1, 0.15) is 41.6 Å². The third-order valence-electron chi connectivity index (χ3n) is 4.10. The number of hydrogen-bond acceptors (Lipinski definition) is 4. The third kappa shape index (κ3) is 2.41. The first-order valence-corrected chi connectivity index (χ1v) is 7.44. The summed E-state index contributed by atoms with van der Waals surface area (Å²) < 4.78 is 11.2. The fraction of sp³-hybridized carbons (Fsp3) is 0.467. The van der Waals surface area contributed by atoms with Gasteiger partial charge in [-0.05, 0) is 18.9 Å². The summed E-state index contributed by atoms with van der Waals surface area (Å²) in [6.07, 6.45) is 3.44. The number of ether oxygens (including phenoxy) is 2. The molecular weight excluding hydrogens is 340 g/mol. The van der Waals surface area contributed by atoms with Crippen LogP contribution in [0, 0.1) is 0 Å². The second-order valence-corrected chi connectivity index (χ2v) is 5.96. The van der Waals surface area contributed by atoms with E-state index < -0.39 is 11.4 Å². The molecule has 0 spiro atoms. The summed E-state index contributed by atoms with van der Waals surface area (Å²) in [4.78, 5) is 23.1. The fourth-order valence-electron chi connectivity index (χ4n) is 3.12. The number of aliphatic carboxylic acids is 1. The molecule has 1 aromatic rings. The van der Waals surface area contributed by atoms with E-state index in [1.54, 1.807) is 6.07 Å². The molecule has 0 aliphatic heterocycles. The van der Waals surface area contributed by atoms with Crippen LogP contribution in [-0.4, -0.2) is 31.6 Å².